The fourth-order valence-electron chi connectivity index (χ4n) is 3.88. The summed E-state index contributed by atoms with van der Waals surface area (Å²) in [5, 5.41) is 2.96. The molecule has 174 valence electrons. The zero-order valence-electron chi connectivity index (χ0n) is 19.8. The van der Waals surface area contributed by atoms with Crippen molar-refractivity contribution in [2.24, 2.45) is 0 Å². The number of nitrogens with one attached hydrogen (secondary N) is 1. The number of para-hydroxylation sites is 2. The lowest BCUT2D eigenvalue weighted by molar-refractivity contribution is -0.116. The number of fused-ring (bicyclic) bond motifs is 1. The van der Waals surface area contributed by atoms with Gasteiger partial charge in [-0.2, -0.15) is 0 Å². The van der Waals surface area contributed by atoms with Crippen LogP contribution in [0, 0.1) is 13.8 Å². The molecular weight excluding hydrogens is 422 g/mol. The second-order valence-corrected chi connectivity index (χ2v) is 8.40. The zero-order chi connectivity index (χ0) is 23.8. The van der Waals surface area contributed by atoms with E-state index >= 15 is 0 Å². The molecule has 34 heavy (non-hydrogen) atoms. The first kappa shape index (κ1) is 23.3. The van der Waals surface area contributed by atoms with Crippen molar-refractivity contribution in [3.05, 3.63) is 101 Å². The third-order valence-corrected chi connectivity index (χ3v) is 5.90. The highest BCUT2D eigenvalue weighted by atomic mass is 16.5. The first-order chi connectivity index (χ1) is 16.6. The number of nitrogens with zero attached hydrogens (tertiary/aromatic N) is 2. The molecule has 0 saturated heterocycles. The van der Waals surface area contributed by atoms with E-state index in [1.807, 2.05) is 60.7 Å². The third-order valence-electron chi connectivity index (χ3n) is 5.90. The summed E-state index contributed by atoms with van der Waals surface area (Å²) in [4.78, 5) is 17.0. The number of benzene rings is 3. The summed E-state index contributed by atoms with van der Waals surface area (Å²) in [5.74, 6) is 1.82. The fourth-order valence-corrected chi connectivity index (χ4v) is 3.88. The predicted molar refractivity (Wildman–Crippen MR) is 138 cm³/mol. The lowest BCUT2D eigenvalue weighted by Crippen LogP contribution is -2.23. The van der Waals surface area contributed by atoms with Crippen LogP contribution < -0.4 is 10.1 Å². The smallest absolute Gasteiger partial charge is 0.243 e. The van der Waals surface area contributed by atoms with E-state index in [0.717, 1.165) is 47.6 Å². The molecule has 1 N–H and O–H groups in total. The maximum atomic E-state index is 12.1. The van der Waals surface area contributed by atoms with E-state index in [1.54, 1.807) is 6.08 Å². The maximum Gasteiger partial charge on any atom is 0.243 e. The Kier molecular flexibility index (Phi) is 7.76. The molecule has 0 unspecified atom stereocenters. The quantitative estimate of drug-likeness (QED) is 0.255. The number of carbonyl (C=O) groups excluding carboxylic acids is 1. The van der Waals surface area contributed by atoms with Crippen molar-refractivity contribution in [3.63, 3.8) is 0 Å². The number of aryl methyl sites for hydroxylation is 3. The van der Waals surface area contributed by atoms with Gasteiger partial charge < -0.3 is 14.6 Å². The number of amides is 1. The molecule has 0 fully saturated rings. The third kappa shape index (κ3) is 6.13. The summed E-state index contributed by atoms with van der Waals surface area (Å²) in [6.45, 7) is 6.08. The van der Waals surface area contributed by atoms with Crippen molar-refractivity contribution < 1.29 is 9.53 Å². The fraction of sp³-hybridized carbons (Fsp3) is 0.241. The van der Waals surface area contributed by atoms with Crippen LogP contribution in [0.4, 0.5) is 0 Å². The molecule has 4 aromatic rings. The van der Waals surface area contributed by atoms with Crippen molar-refractivity contribution in [2.75, 3.05) is 13.2 Å². The molecule has 0 aliphatic rings. The average Bonchev–Trinajstić information content (AvgIpc) is 3.21. The average molecular weight is 454 g/mol. The molecule has 0 bridgehead atoms. The van der Waals surface area contributed by atoms with Crippen LogP contribution in [0.3, 0.4) is 0 Å². The molecule has 5 nitrogen and oxygen atoms in total. The topological polar surface area (TPSA) is 56.1 Å². The van der Waals surface area contributed by atoms with E-state index in [9.17, 15) is 4.79 Å². The van der Waals surface area contributed by atoms with E-state index < -0.39 is 0 Å². The van der Waals surface area contributed by atoms with Gasteiger partial charge in [0, 0.05) is 19.0 Å². The van der Waals surface area contributed by atoms with Crippen LogP contribution in [-0.2, 0) is 17.8 Å². The van der Waals surface area contributed by atoms with E-state index in [-0.39, 0.29) is 5.91 Å². The minimum atomic E-state index is -0.0841. The van der Waals surface area contributed by atoms with Gasteiger partial charge in [-0.3, -0.25) is 4.79 Å². The van der Waals surface area contributed by atoms with Crippen LogP contribution in [0.5, 0.6) is 5.75 Å². The summed E-state index contributed by atoms with van der Waals surface area (Å²) in [5.41, 5.74) is 5.59. The Morgan fingerprint density at radius 3 is 2.62 bits per heavy atom. The summed E-state index contributed by atoms with van der Waals surface area (Å²) in [6, 6.07) is 24.2. The van der Waals surface area contributed by atoms with E-state index in [0.29, 0.717) is 13.2 Å². The van der Waals surface area contributed by atoms with Gasteiger partial charge in [-0.25, -0.2) is 4.98 Å². The van der Waals surface area contributed by atoms with E-state index in [4.69, 9.17) is 9.72 Å². The largest absolute Gasteiger partial charge is 0.492 e. The predicted octanol–water partition coefficient (Wildman–Crippen LogP) is 5.49. The van der Waals surface area contributed by atoms with Crippen molar-refractivity contribution in [1.82, 2.24) is 14.9 Å². The van der Waals surface area contributed by atoms with Gasteiger partial charge in [0.05, 0.1) is 17.6 Å². The molecule has 1 amide bonds. The number of imidazole rings is 1. The first-order valence-corrected chi connectivity index (χ1v) is 11.8. The molecule has 4 rings (SSSR count). The van der Waals surface area contributed by atoms with Crippen LogP contribution in [0.2, 0.25) is 0 Å². The van der Waals surface area contributed by atoms with Gasteiger partial charge >= 0.3 is 0 Å². The second kappa shape index (κ2) is 11.3. The van der Waals surface area contributed by atoms with Gasteiger partial charge in [0.1, 0.15) is 18.2 Å². The Morgan fingerprint density at radius 2 is 1.79 bits per heavy atom. The summed E-state index contributed by atoms with van der Waals surface area (Å²) in [6.07, 6.45) is 4.99. The van der Waals surface area contributed by atoms with Crippen LogP contribution in [0.1, 0.15) is 28.9 Å². The van der Waals surface area contributed by atoms with Gasteiger partial charge in [0.2, 0.25) is 5.91 Å². The van der Waals surface area contributed by atoms with Crippen molar-refractivity contribution >= 4 is 23.0 Å². The number of rotatable bonds is 10. The minimum Gasteiger partial charge on any atom is -0.492 e. The van der Waals surface area contributed by atoms with Gasteiger partial charge in [0.15, 0.2) is 0 Å². The number of aromatic nitrogens is 2. The zero-order valence-corrected chi connectivity index (χ0v) is 19.8. The molecule has 0 aliphatic heterocycles. The Labute approximate surface area is 201 Å². The van der Waals surface area contributed by atoms with Crippen LogP contribution in [0.25, 0.3) is 17.1 Å². The van der Waals surface area contributed by atoms with Gasteiger partial charge in [-0.1, -0.05) is 48.5 Å². The number of ether oxygens (including phenoxy) is 1. The van der Waals surface area contributed by atoms with Crippen molar-refractivity contribution in [3.8, 4) is 5.75 Å². The summed E-state index contributed by atoms with van der Waals surface area (Å²) < 4.78 is 8.26. The highest BCUT2D eigenvalue weighted by Crippen LogP contribution is 2.19. The minimum absolute atomic E-state index is 0.0841. The molecule has 1 aromatic heterocycles. The molecule has 5 heteroatoms. The molecule has 0 radical (unpaired) electrons. The van der Waals surface area contributed by atoms with Crippen LogP contribution in [-0.4, -0.2) is 28.6 Å². The molecular formula is C29H31N3O2. The van der Waals surface area contributed by atoms with Gasteiger partial charge in [0.25, 0.3) is 0 Å². The second-order valence-electron chi connectivity index (χ2n) is 8.40. The molecule has 0 spiro atoms. The van der Waals surface area contributed by atoms with E-state index in [1.165, 1.54) is 11.1 Å². The normalized spacial score (nSPS) is 11.2. The summed E-state index contributed by atoms with van der Waals surface area (Å²) >= 11 is 0. The Balaban J connectivity index is 1.32. The SMILES string of the molecule is Cc1ccc(OCCn2c(CCCNC(=O)/C=C\c3ccccc3)nc3ccccc32)cc1C. The molecule has 0 aliphatic carbocycles. The molecule has 0 atom stereocenters. The van der Waals surface area contributed by atoms with Crippen LogP contribution in [0.15, 0.2) is 78.9 Å². The van der Waals surface area contributed by atoms with Gasteiger partial charge in [-0.05, 0) is 67.3 Å². The standard InChI is InChI=1S/C29H31N3O2/c1-22-14-16-25(21-23(22)2)34-20-19-32-27-12-7-6-11-26(27)31-28(32)13-8-18-30-29(33)17-15-24-9-4-3-5-10-24/h3-7,9-12,14-17,21H,8,13,18-20H2,1-2H3,(H,30,33)/b17-15-. The number of hydrogen-bond acceptors (Lipinski definition) is 3. The Hall–Kier alpha value is -3.86. The van der Waals surface area contributed by atoms with E-state index in [2.05, 4.69) is 41.9 Å². The highest BCUT2D eigenvalue weighted by Gasteiger charge is 2.10. The van der Waals surface area contributed by atoms with Crippen molar-refractivity contribution in [2.45, 2.75) is 33.2 Å². The summed E-state index contributed by atoms with van der Waals surface area (Å²) in [7, 11) is 0. The molecule has 3 aromatic carbocycles. The monoisotopic (exact) mass is 453 g/mol. The number of hydrogen-bond donors (Lipinski definition) is 1. The first-order valence-electron chi connectivity index (χ1n) is 11.8. The number of carbonyl (C=O) groups is 1. The highest BCUT2D eigenvalue weighted by molar-refractivity contribution is 5.91. The van der Waals surface area contributed by atoms with Gasteiger partial charge in [-0.15, -0.1) is 0 Å². The maximum absolute atomic E-state index is 12.1. The Morgan fingerprint density at radius 1 is 1.00 bits per heavy atom. The lowest BCUT2D eigenvalue weighted by atomic mass is 10.1. The lowest BCUT2D eigenvalue weighted by Gasteiger charge is -2.12. The van der Waals surface area contributed by atoms with Crippen LogP contribution >= 0.6 is 0 Å². The molecule has 1 heterocycles. The Bertz CT molecular complexity index is 1280. The molecule has 0 saturated carbocycles. The van der Waals surface area contributed by atoms with Crippen molar-refractivity contribution in [1.29, 1.82) is 0 Å².